The molecule has 0 atom stereocenters. The van der Waals surface area contributed by atoms with Crippen molar-refractivity contribution in [2.45, 2.75) is 45.4 Å². The average Bonchev–Trinajstić information content (AvgIpc) is 2.65. The lowest BCUT2D eigenvalue weighted by molar-refractivity contribution is 0.0521. The summed E-state index contributed by atoms with van der Waals surface area (Å²) in [6, 6.07) is 0. The van der Waals surface area contributed by atoms with Gasteiger partial charge in [-0.05, 0) is 20.8 Å². The maximum atomic E-state index is 11.8. The Bertz CT molecular complexity index is 632. The molecule has 0 saturated carbocycles. The second kappa shape index (κ2) is 6.05. The third kappa shape index (κ3) is 3.55. The lowest BCUT2D eigenvalue weighted by Gasteiger charge is -2.24. The zero-order valence-electron chi connectivity index (χ0n) is 13.1. The molecule has 0 radical (unpaired) electrons. The maximum absolute atomic E-state index is 11.8. The quantitative estimate of drug-likeness (QED) is 0.786. The number of carbonyl (C=O) groups is 1. The van der Waals surface area contributed by atoms with Gasteiger partial charge in [-0.15, -0.1) is 0 Å². The summed E-state index contributed by atoms with van der Waals surface area (Å²) in [6.07, 6.45) is 1.71. The second-order valence-electron chi connectivity index (χ2n) is 5.45. The Labute approximate surface area is 125 Å². The molecule has 120 valence electrons. The molecule has 2 N–H and O–H groups in total. The average molecular weight is 317 g/mol. The third-order valence-electron chi connectivity index (χ3n) is 3.41. The highest BCUT2D eigenvalue weighted by atomic mass is 32.2. The molecule has 8 heteroatoms. The van der Waals surface area contributed by atoms with Crippen molar-refractivity contribution in [1.82, 2.24) is 9.55 Å². The van der Waals surface area contributed by atoms with Crippen LogP contribution in [-0.4, -0.2) is 41.5 Å². The Morgan fingerprint density at radius 2 is 1.95 bits per heavy atom. The molecule has 0 aliphatic heterocycles. The molecular formula is C13H23N3O4S. The van der Waals surface area contributed by atoms with E-state index >= 15 is 0 Å². The van der Waals surface area contributed by atoms with Gasteiger partial charge < -0.3 is 15.0 Å². The van der Waals surface area contributed by atoms with Gasteiger partial charge in [0.1, 0.15) is 11.6 Å². The molecule has 0 amide bonds. The topological polar surface area (TPSA) is 104 Å². The fourth-order valence-electron chi connectivity index (χ4n) is 1.81. The van der Waals surface area contributed by atoms with Gasteiger partial charge in [-0.1, -0.05) is 6.92 Å². The molecule has 1 aromatic heterocycles. The van der Waals surface area contributed by atoms with Crippen LogP contribution in [0.5, 0.6) is 0 Å². The maximum Gasteiger partial charge on any atom is 0.360 e. The standard InChI is InChI=1S/C13H23N3O4S/c1-6-9-15-10(12(17)20-7-2)11(14)16(9)8-13(3,4)21(5,18)19/h6-8,14H2,1-5H3. The predicted molar refractivity (Wildman–Crippen MR) is 80.9 cm³/mol. The van der Waals surface area contributed by atoms with E-state index < -0.39 is 20.6 Å². The van der Waals surface area contributed by atoms with Crippen LogP contribution in [0.4, 0.5) is 5.82 Å². The van der Waals surface area contributed by atoms with Crippen molar-refractivity contribution in [3.63, 3.8) is 0 Å². The van der Waals surface area contributed by atoms with Gasteiger partial charge in [0.25, 0.3) is 0 Å². The SMILES string of the molecule is CCOC(=O)c1nc(CC)n(CC(C)(C)S(C)(=O)=O)c1N. The van der Waals surface area contributed by atoms with E-state index in [1.165, 1.54) is 6.26 Å². The second-order valence-corrected chi connectivity index (χ2v) is 8.10. The van der Waals surface area contributed by atoms with Crippen LogP contribution < -0.4 is 5.73 Å². The summed E-state index contributed by atoms with van der Waals surface area (Å²) in [7, 11) is -3.28. The van der Waals surface area contributed by atoms with E-state index in [1.807, 2.05) is 6.92 Å². The number of ether oxygens (including phenoxy) is 1. The number of sulfone groups is 1. The number of rotatable bonds is 6. The normalized spacial score (nSPS) is 12.4. The molecule has 0 bridgehead atoms. The number of aryl methyl sites for hydroxylation is 1. The van der Waals surface area contributed by atoms with Crippen LogP contribution in [0.3, 0.4) is 0 Å². The molecule has 21 heavy (non-hydrogen) atoms. The van der Waals surface area contributed by atoms with Gasteiger partial charge in [-0.25, -0.2) is 18.2 Å². The highest BCUT2D eigenvalue weighted by Crippen LogP contribution is 2.24. The van der Waals surface area contributed by atoms with Crippen LogP contribution in [-0.2, 0) is 27.5 Å². The zero-order chi connectivity index (χ0) is 16.4. The van der Waals surface area contributed by atoms with Crippen molar-refractivity contribution in [3.8, 4) is 0 Å². The fraction of sp³-hybridized carbons (Fsp3) is 0.692. The monoisotopic (exact) mass is 317 g/mol. The number of nitrogens with zero attached hydrogens (tertiary/aromatic N) is 2. The first-order valence-electron chi connectivity index (χ1n) is 6.76. The molecule has 0 aliphatic carbocycles. The lowest BCUT2D eigenvalue weighted by Crippen LogP contribution is -2.36. The van der Waals surface area contributed by atoms with Gasteiger partial charge >= 0.3 is 5.97 Å². The number of hydrogen-bond acceptors (Lipinski definition) is 6. The van der Waals surface area contributed by atoms with E-state index in [4.69, 9.17) is 10.5 Å². The van der Waals surface area contributed by atoms with Crippen LogP contribution in [0, 0.1) is 0 Å². The van der Waals surface area contributed by atoms with Crippen molar-refractivity contribution in [2.24, 2.45) is 0 Å². The van der Waals surface area contributed by atoms with E-state index in [9.17, 15) is 13.2 Å². The minimum atomic E-state index is -3.28. The number of nitrogen functional groups attached to an aromatic ring is 1. The summed E-state index contributed by atoms with van der Waals surface area (Å²) in [5.74, 6) is 0.106. The molecule has 0 spiro atoms. The number of imidazole rings is 1. The molecule has 0 aromatic carbocycles. The van der Waals surface area contributed by atoms with Crippen molar-refractivity contribution >= 4 is 21.6 Å². The zero-order valence-corrected chi connectivity index (χ0v) is 14.0. The van der Waals surface area contributed by atoms with Crippen LogP contribution in [0.15, 0.2) is 0 Å². The van der Waals surface area contributed by atoms with Gasteiger partial charge in [-0.3, -0.25) is 0 Å². The van der Waals surface area contributed by atoms with E-state index in [2.05, 4.69) is 4.98 Å². The summed E-state index contributed by atoms with van der Waals surface area (Å²) < 4.78 is 29.2. The number of nitrogens with two attached hydrogens (primary N) is 1. The predicted octanol–water partition coefficient (Wildman–Crippen LogP) is 1.03. The summed E-state index contributed by atoms with van der Waals surface area (Å²) >= 11 is 0. The summed E-state index contributed by atoms with van der Waals surface area (Å²) in [6.45, 7) is 7.14. The fourth-order valence-corrected chi connectivity index (χ4v) is 2.17. The Kier molecular flexibility index (Phi) is 5.03. The van der Waals surface area contributed by atoms with Gasteiger partial charge in [0.15, 0.2) is 15.5 Å². The minimum absolute atomic E-state index is 0.0398. The number of anilines is 1. The number of esters is 1. The van der Waals surface area contributed by atoms with Crippen molar-refractivity contribution in [2.75, 3.05) is 18.6 Å². The van der Waals surface area contributed by atoms with Gasteiger partial charge in [0.05, 0.1) is 11.4 Å². The van der Waals surface area contributed by atoms with Gasteiger partial charge in [-0.2, -0.15) is 0 Å². The Morgan fingerprint density at radius 1 is 1.38 bits per heavy atom. The highest BCUT2D eigenvalue weighted by Gasteiger charge is 2.33. The Morgan fingerprint density at radius 3 is 2.38 bits per heavy atom. The number of aromatic nitrogens is 2. The number of hydrogen-bond donors (Lipinski definition) is 1. The minimum Gasteiger partial charge on any atom is -0.461 e. The summed E-state index contributed by atoms with van der Waals surface area (Å²) in [5.41, 5.74) is 6.01. The van der Waals surface area contributed by atoms with Crippen LogP contribution >= 0.6 is 0 Å². The van der Waals surface area contributed by atoms with Gasteiger partial charge in [0.2, 0.25) is 0 Å². The lowest BCUT2D eigenvalue weighted by atomic mass is 10.2. The first-order valence-corrected chi connectivity index (χ1v) is 8.65. The largest absolute Gasteiger partial charge is 0.461 e. The Hall–Kier alpha value is -1.57. The first kappa shape index (κ1) is 17.5. The number of carbonyl (C=O) groups excluding carboxylic acids is 1. The third-order valence-corrected chi connectivity index (χ3v) is 5.55. The summed E-state index contributed by atoms with van der Waals surface area (Å²) in [5, 5.41) is 0. The molecule has 0 unspecified atom stereocenters. The van der Waals surface area contributed by atoms with Crippen LogP contribution in [0.25, 0.3) is 0 Å². The molecule has 1 heterocycles. The molecule has 7 nitrogen and oxygen atoms in total. The van der Waals surface area contributed by atoms with E-state index in [0.29, 0.717) is 12.2 Å². The smallest absolute Gasteiger partial charge is 0.360 e. The van der Waals surface area contributed by atoms with E-state index in [1.54, 1.807) is 25.3 Å². The van der Waals surface area contributed by atoms with E-state index in [0.717, 1.165) is 0 Å². The first-order chi connectivity index (χ1) is 9.55. The van der Waals surface area contributed by atoms with Crippen LogP contribution in [0.2, 0.25) is 0 Å². The van der Waals surface area contributed by atoms with Crippen molar-refractivity contribution in [3.05, 3.63) is 11.5 Å². The highest BCUT2D eigenvalue weighted by molar-refractivity contribution is 7.92. The molecule has 1 rings (SSSR count). The van der Waals surface area contributed by atoms with E-state index in [-0.39, 0.29) is 24.7 Å². The van der Waals surface area contributed by atoms with Crippen LogP contribution in [0.1, 0.15) is 44.0 Å². The van der Waals surface area contributed by atoms with Crippen molar-refractivity contribution < 1.29 is 17.9 Å². The van der Waals surface area contributed by atoms with Gasteiger partial charge in [0, 0.05) is 19.2 Å². The Balaban J connectivity index is 3.28. The molecule has 0 saturated heterocycles. The molecular weight excluding hydrogens is 294 g/mol. The molecule has 0 fully saturated rings. The summed E-state index contributed by atoms with van der Waals surface area (Å²) in [4.78, 5) is 16.0. The molecule has 0 aliphatic rings. The molecule has 1 aromatic rings. The van der Waals surface area contributed by atoms with Crippen molar-refractivity contribution in [1.29, 1.82) is 0 Å².